The van der Waals surface area contributed by atoms with Crippen LogP contribution >= 0.6 is 0 Å². The van der Waals surface area contributed by atoms with Crippen molar-refractivity contribution in [3.05, 3.63) is 0 Å². The third kappa shape index (κ3) is 5.09. The molecule has 0 spiro atoms. The van der Waals surface area contributed by atoms with Crippen molar-refractivity contribution in [1.82, 2.24) is 5.32 Å². The summed E-state index contributed by atoms with van der Waals surface area (Å²) in [7, 11) is 0. The average molecular weight is 174 g/mol. The van der Waals surface area contributed by atoms with Crippen LogP contribution in [-0.4, -0.2) is 29.7 Å². The molecule has 0 heterocycles. The van der Waals surface area contributed by atoms with Gasteiger partial charge in [0, 0.05) is 6.54 Å². The van der Waals surface area contributed by atoms with Crippen LogP contribution in [0.1, 0.15) is 26.7 Å². The molecule has 72 valence electrons. The largest absolute Gasteiger partial charge is 0.391 e. The molecule has 0 aliphatic rings. The minimum atomic E-state index is -0.501. The zero-order valence-electron chi connectivity index (χ0n) is 7.71. The van der Waals surface area contributed by atoms with E-state index in [1.165, 1.54) is 0 Å². The second-order valence-corrected chi connectivity index (χ2v) is 2.98. The molecule has 1 unspecified atom stereocenters. The van der Waals surface area contributed by atoms with Crippen molar-refractivity contribution in [3.8, 4) is 0 Å². The minimum Gasteiger partial charge on any atom is -0.391 e. The number of carbonyl (C=O) groups excluding carboxylic acids is 1. The van der Waals surface area contributed by atoms with E-state index in [4.69, 9.17) is 5.73 Å². The number of aliphatic hydroxyl groups excluding tert-OH is 1. The molecule has 4 heteroatoms. The zero-order valence-corrected chi connectivity index (χ0v) is 7.71. The van der Waals surface area contributed by atoms with Gasteiger partial charge in [-0.1, -0.05) is 13.3 Å². The highest BCUT2D eigenvalue weighted by Crippen LogP contribution is 1.93. The topological polar surface area (TPSA) is 75.3 Å². The Bertz CT molecular complexity index is 137. The van der Waals surface area contributed by atoms with Gasteiger partial charge in [0.25, 0.3) is 0 Å². The molecule has 0 aromatic carbocycles. The SMILES string of the molecule is CCCC(O)CNC(=O)[C@@H](C)N. The quantitative estimate of drug-likeness (QED) is 0.531. The van der Waals surface area contributed by atoms with Gasteiger partial charge in [-0.25, -0.2) is 0 Å². The molecule has 0 rings (SSSR count). The predicted octanol–water partition coefficient (Wildman–Crippen LogP) is -0.389. The molecule has 4 N–H and O–H groups in total. The average Bonchev–Trinajstić information content (AvgIpc) is 2.00. The summed E-state index contributed by atoms with van der Waals surface area (Å²) >= 11 is 0. The van der Waals surface area contributed by atoms with Gasteiger partial charge in [0.05, 0.1) is 12.1 Å². The Balaban J connectivity index is 3.47. The Kier molecular flexibility index (Phi) is 5.66. The molecular formula is C8H18N2O2. The van der Waals surface area contributed by atoms with Crippen LogP contribution < -0.4 is 11.1 Å². The molecule has 0 aromatic heterocycles. The lowest BCUT2D eigenvalue weighted by Gasteiger charge is -2.11. The van der Waals surface area contributed by atoms with Crippen molar-refractivity contribution in [2.45, 2.75) is 38.8 Å². The van der Waals surface area contributed by atoms with E-state index in [1.807, 2.05) is 6.92 Å². The van der Waals surface area contributed by atoms with Crippen LogP contribution in [0.2, 0.25) is 0 Å². The first-order valence-corrected chi connectivity index (χ1v) is 4.29. The highest BCUT2D eigenvalue weighted by atomic mass is 16.3. The Labute approximate surface area is 73.1 Å². The van der Waals surface area contributed by atoms with E-state index in [-0.39, 0.29) is 5.91 Å². The predicted molar refractivity (Wildman–Crippen MR) is 47.6 cm³/mol. The monoisotopic (exact) mass is 174 g/mol. The zero-order chi connectivity index (χ0) is 9.56. The molecule has 1 amide bonds. The van der Waals surface area contributed by atoms with Crippen LogP contribution in [0.4, 0.5) is 0 Å². The summed E-state index contributed by atoms with van der Waals surface area (Å²) in [5.41, 5.74) is 5.30. The van der Waals surface area contributed by atoms with Gasteiger partial charge < -0.3 is 16.2 Å². The first-order valence-electron chi connectivity index (χ1n) is 4.29. The molecule has 0 aliphatic carbocycles. The van der Waals surface area contributed by atoms with Gasteiger partial charge in [-0.2, -0.15) is 0 Å². The van der Waals surface area contributed by atoms with Gasteiger partial charge in [0.2, 0.25) is 5.91 Å². The van der Waals surface area contributed by atoms with Crippen LogP contribution in [-0.2, 0) is 4.79 Å². The van der Waals surface area contributed by atoms with Crippen molar-refractivity contribution in [2.75, 3.05) is 6.54 Å². The molecule has 12 heavy (non-hydrogen) atoms. The maximum absolute atomic E-state index is 10.9. The Hall–Kier alpha value is -0.610. The van der Waals surface area contributed by atoms with Crippen molar-refractivity contribution >= 4 is 5.91 Å². The van der Waals surface area contributed by atoms with Crippen molar-refractivity contribution < 1.29 is 9.90 Å². The highest BCUT2D eigenvalue weighted by molar-refractivity contribution is 5.80. The fourth-order valence-corrected chi connectivity index (χ4v) is 0.815. The van der Waals surface area contributed by atoms with E-state index < -0.39 is 12.1 Å². The van der Waals surface area contributed by atoms with Crippen LogP contribution in [0.15, 0.2) is 0 Å². The summed E-state index contributed by atoms with van der Waals surface area (Å²) in [6, 6.07) is -0.501. The molecule has 4 nitrogen and oxygen atoms in total. The van der Waals surface area contributed by atoms with Crippen molar-refractivity contribution in [2.24, 2.45) is 5.73 Å². The molecule has 0 saturated heterocycles. The van der Waals surface area contributed by atoms with E-state index in [9.17, 15) is 9.90 Å². The van der Waals surface area contributed by atoms with Crippen molar-refractivity contribution in [1.29, 1.82) is 0 Å². The molecule has 0 aromatic rings. The molecule has 0 radical (unpaired) electrons. The normalized spacial score (nSPS) is 15.3. The van der Waals surface area contributed by atoms with Gasteiger partial charge in [0.15, 0.2) is 0 Å². The molecule has 2 atom stereocenters. The number of hydrogen-bond acceptors (Lipinski definition) is 3. The number of carbonyl (C=O) groups is 1. The number of rotatable bonds is 5. The third-order valence-electron chi connectivity index (χ3n) is 1.55. The first kappa shape index (κ1) is 11.4. The number of nitrogens with one attached hydrogen (secondary N) is 1. The summed E-state index contributed by atoms with van der Waals surface area (Å²) in [4.78, 5) is 10.9. The Morgan fingerprint density at radius 2 is 2.25 bits per heavy atom. The minimum absolute atomic E-state index is 0.217. The first-order chi connectivity index (χ1) is 5.57. The number of hydrogen-bond donors (Lipinski definition) is 3. The summed E-state index contributed by atoms with van der Waals surface area (Å²) < 4.78 is 0. The van der Waals surface area contributed by atoms with Gasteiger partial charge in [-0.3, -0.25) is 4.79 Å². The third-order valence-corrected chi connectivity index (χ3v) is 1.55. The molecule has 0 fully saturated rings. The Morgan fingerprint density at radius 1 is 1.67 bits per heavy atom. The molecule has 0 saturated carbocycles. The summed E-state index contributed by atoms with van der Waals surface area (Å²) in [5, 5.41) is 11.8. The van der Waals surface area contributed by atoms with Crippen LogP contribution in [0.3, 0.4) is 0 Å². The standard InChI is InChI=1S/C8H18N2O2/c1-3-4-7(11)5-10-8(12)6(2)9/h6-7,11H,3-5,9H2,1-2H3,(H,10,12)/t6-,7?/m1/s1. The second-order valence-electron chi connectivity index (χ2n) is 2.98. The maximum Gasteiger partial charge on any atom is 0.236 e. The van der Waals surface area contributed by atoms with Gasteiger partial charge in [0.1, 0.15) is 0 Å². The second kappa shape index (κ2) is 5.97. The lowest BCUT2D eigenvalue weighted by Crippen LogP contribution is -2.41. The van der Waals surface area contributed by atoms with Crippen molar-refractivity contribution in [3.63, 3.8) is 0 Å². The van der Waals surface area contributed by atoms with Crippen LogP contribution in [0.25, 0.3) is 0 Å². The molecule has 0 aliphatic heterocycles. The van der Waals surface area contributed by atoms with E-state index >= 15 is 0 Å². The Morgan fingerprint density at radius 3 is 2.67 bits per heavy atom. The highest BCUT2D eigenvalue weighted by Gasteiger charge is 2.08. The summed E-state index contributed by atoms with van der Waals surface area (Å²) in [6.07, 6.45) is 1.17. The van der Waals surface area contributed by atoms with E-state index in [0.29, 0.717) is 13.0 Å². The van der Waals surface area contributed by atoms with Gasteiger partial charge in [-0.15, -0.1) is 0 Å². The number of amides is 1. The van der Waals surface area contributed by atoms with E-state index in [1.54, 1.807) is 6.92 Å². The van der Waals surface area contributed by atoms with Gasteiger partial charge in [-0.05, 0) is 13.3 Å². The fraction of sp³-hybridized carbons (Fsp3) is 0.875. The van der Waals surface area contributed by atoms with Crippen LogP contribution in [0, 0.1) is 0 Å². The van der Waals surface area contributed by atoms with Gasteiger partial charge >= 0.3 is 0 Å². The molecule has 0 bridgehead atoms. The fourth-order valence-electron chi connectivity index (χ4n) is 0.815. The van der Waals surface area contributed by atoms with Crippen LogP contribution in [0.5, 0.6) is 0 Å². The van der Waals surface area contributed by atoms with E-state index in [0.717, 1.165) is 6.42 Å². The number of nitrogens with two attached hydrogens (primary N) is 1. The maximum atomic E-state index is 10.9. The van der Waals surface area contributed by atoms with E-state index in [2.05, 4.69) is 5.32 Å². The smallest absolute Gasteiger partial charge is 0.236 e. The lowest BCUT2D eigenvalue weighted by atomic mass is 10.2. The summed E-state index contributed by atoms with van der Waals surface area (Å²) in [5.74, 6) is -0.217. The summed E-state index contributed by atoms with van der Waals surface area (Å²) in [6.45, 7) is 3.90. The number of aliphatic hydroxyl groups is 1. The lowest BCUT2D eigenvalue weighted by molar-refractivity contribution is -0.122. The molecular weight excluding hydrogens is 156 g/mol.